The summed E-state index contributed by atoms with van der Waals surface area (Å²) < 4.78 is 38.0. The Morgan fingerprint density at radius 2 is 1.48 bits per heavy atom. The van der Waals surface area contributed by atoms with Crippen molar-refractivity contribution in [2.24, 2.45) is 0 Å². The number of nitrogens with one attached hydrogen (secondary N) is 1. The van der Waals surface area contributed by atoms with Crippen molar-refractivity contribution < 1.29 is 22.8 Å². The van der Waals surface area contributed by atoms with Crippen molar-refractivity contribution in [3.05, 3.63) is 65.7 Å². The molecule has 2 amide bonds. The molecule has 0 unspecified atom stereocenters. The fourth-order valence-corrected chi connectivity index (χ4v) is 3.20. The van der Waals surface area contributed by atoms with E-state index in [1.54, 1.807) is 35.2 Å². The summed E-state index contributed by atoms with van der Waals surface area (Å²) in [6, 6.07) is 12.1. The van der Waals surface area contributed by atoms with Gasteiger partial charge < -0.3 is 15.1 Å². The number of likely N-dealkylation sites (N-methyl/N-ethyl adjacent to an activating group) is 1. The number of carbonyl (C=O) groups excluding carboxylic acids is 2. The van der Waals surface area contributed by atoms with E-state index >= 15 is 0 Å². The number of halogens is 3. The van der Waals surface area contributed by atoms with Crippen LogP contribution in [-0.2, 0) is 15.8 Å². The lowest BCUT2D eigenvalue weighted by molar-refractivity contribution is -0.137. The van der Waals surface area contributed by atoms with Crippen molar-refractivity contribution in [2.45, 2.75) is 6.18 Å². The largest absolute Gasteiger partial charge is 0.416 e. The Kier molecular flexibility index (Phi) is 7.12. The maximum absolute atomic E-state index is 12.7. The van der Waals surface area contributed by atoms with Crippen LogP contribution >= 0.6 is 0 Å². The molecule has 5 nitrogen and oxygen atoms in total. The summed E-state index contributed by atoms with van der Waals surface area (Å²) in [6.07, 6.45) is -1.39. The lowest BCUT2D eigenvalue weighted by Gasteiger charge is -2.32. The Balaban J connectivity index is 1.51. The van der Waals surface area contributed by atoms with E-state index in [0.29, 0.717) is 18.7 Å². The molecule has 1 fully saturated rings. The molecule has 2 aromatic carbocycles. The molecule has 164 valence electrons. The third-order valence-electron chi connectivity index (χ3n) is 5.15. The summed E-state index contributed by atoms with van der Waals surface area (Å²) in [6.45, 7) is 2.92. The molecule has 1 N–H and O–H groups in total. The quantitative estimate of drug-likeness (QED) is 0.740. The molecule has 0 aliphatic carbocycles. The van der Waals surface area contributed by atoms with Crippen molar-refractivity contribution in [3.8, 4) is 11.1 Å². The highest BCUT2D eigenvalue weighted by atomic mass is 19.4. The molecule has 31 heavy (non-hydrogen) atoms. The minimum atomic E-state index is -4.36. The fourth-order valence-electron chi connectivity index (χ4n) is 3.20. The highest BCUT2D eigenvalue weighted by Gasteiger charge is 2.29. The monoisotopic (exact) mass is 431 g/mol. The van der Waals surface area contributed by atoms with E-state index in [9.17, 15) is 22.8 Å². The molecule has 1 saturated heterocycles. The van der Waals surface area contributed by atoms with Crippen LogP contribution in [0.2, 0.25) is 0 Å². The second-order valence-electron chi connectivity index (χ2n) is 7.43. The van der Waals surface area contributed by atoms with Gasteiger partial charge in [-0.3, -0.25) is 9.59 Å². The van der Waals surface area contributed by atoms with Crippen molar-refractivity contribution in [1.29, 1.82) is 0 Å². The van der Waals surface area contributed by atoms with Crippen LogP contribution in [0.15, 0.2) is 54.6 Å². The van der Waals surface area contributed by atoms with E-state index in [-0.39, 0.29) is 18.4 Å². The number of rotatable bonds is 5. The zero-order valence-corrected chi connectivity index (χ0v) is 17.2. The maximum atomic E-state index is 12.7. The summed E-state index contributed by atoms with van der Waals surface area (Å²) in [7, 11) is 2.00. The van der Waals surface area contributed by atoms with Gasteiger partial charge in [0.05, 0.1) is 12.1 Å². The molecule has 2 aromatic rings. The van der Waals surface area contributed by atoms with Gasteiger partial charge in [0.25, 0.3) is 0 Å². The number of hydrogen-bond acceptors (Lipinski definition) is 3. The molecule has 0 radical (unpaired) electrons. The first-order valence-corrected chi connectivity index (χ1v) is 9.92. The molecule has 0 bridgehead atoms. The average Bonchev–Trinajstić information content (AvgIpc) is 2.76. The van der Waals surface area contributed by atoms with E-state index in [1.165, 1.54) is 18.2 Å². The summed E-state index contributed by atoms with van der Waals surface area (Å²) in [4.78, 5) is 28.0. The first-order chi connectivity index (χ1) is 14.7. The van der Waals surface area contributed by atoms with Gasteiger partial charge in [-0.15, -0.1) is 0 Å². The molecular formula is C23H24F3N3O2. The van der Waals surface area contributed by atoms with Crippen molar-refractivity contribution in [1.82, 2.24) is 15.1 Å². The van der Waals surface area contributed by atoms with E-state index in [1.807, 2.05) is 7.05 Å². The maximum Gasteiger partial charge on any atom is 0.416 e. The second-order valence-corrected chi connectivity index (χ2v) is 7.43. The van der Waals surface area contributed by atoms with Crippen LogP contribution in [0, 0.1) is 0 Å². The van der Waals surface area contributed by atoms with Crippen LogP contribution in [0.1, 0.15) is 11.1 Å². The molecule has 0 saturated carbocycles. The molecule has 1 heterocycles. The van der Waals surface area contributed by atoms with Crippen molar-refractivity contribution in [3.63, 3.8) is 0 Å². The number of nitrogens with zero attached hydrogens (tertiary/aromatic N) is 2. The fraction of sp³-hybridized carbons (Fsp3) is 0.304. The third-order valence-corrected chi connectivity index (χ3v) is 5.15. The number of amides is 2. The number of carbonyl (C=O) groups is 2. The SMILES string of the molecule is CN1CCN(C(=O)CNC(=O)/C=C/c2ccc(-c3ccc(C(F)(F)F)cc3)cc2)CC1. The highest BCUT2D eigenvalue weighted by molar-refractivity contribution is 5.94. The normalized spacial score (nSPS) is 15.3. The highest BCUT2D eigenvalue weighted by Crippen LogP contribution is 2.31. The van der Waals surface area contributed by atoms with Gasteiger partial charge in [0.2, 0.25) is 11.8 Å². The minimum absolute atomic E-state index is 0.0419. The van der Waals surface area contributed by atoms with E-state index < -0.39 is 11.7 Å². The van der Waals surface area contributed by atoms with E-state index in [0.717, 1.165) is 36.3 Å². The number of hydrogen-bond donors (Lipinski definition) is 1. The van der Waals surface area contributed by atoms with Gasteiger partial charge in [0, 0.05) is 32.3 Å². The number of benzene rings is 2. The molecule has 8 heteroatoms. The van der Waals surface area contributed by atoms with E-state index in [4.69, 9.17) is 0 Å². The lowest BCUT2D eigenvalue weighted by atomic mass is 10.0. The average molecular weight is 431 g/mol. The Hall–Kier alpha value is -3.13. The predicted octanol–water partition coefficient (Wildman–Crippen LogP) is 3.28. The number of alkyl halides is 3. The van der Waals surface area contributed by atoms with Crippen LogP contribution in [0.3, 0.4) is 0 Å². The van der Waals surface area contributed by atoms with Gasteiger partial charge in [0.1, 0.15) is 0 Å². The van der Waals surface area contributed by atoms with Crippen LogP contribution in [-0.4, -0.2) is 61.4 Å². The molecule has 1 aliphatic rings. The lowest BCUT2D eigenvalue weighted by Crippen LogP contribution is -2.49. The Labute approximate surface area is 179 Å². The minimum Gasteiger partial charge on any atom is -0.343 e. The molecule has 1 aliphatic heterocycles. The Morgan fingerprint density at radius 1 is 0.935 bits per heavy atom. The van der Waals surface area contributed by atoms with Gasteiger partial charge in [-0.05, 0) is 41.9 Å². The smallest absolute Gasteiger partial charge is 0.343 e. The standard InChI is InChI=1S/C23H24F3N3O2/c1-28-12-14-29(15-13-28)22(31)16-27-21(30)11-4-17-2-5-18(6-3-17)19-7-9-20(10-8-19)23(24,25)26/h2-11H,12-16H2,1H3,(H,27,30)/b11-4+. The zero-order valence-electron chi connectivity index (χ0n) is 17.2. The first-order valence-electron chi connectivity index (χ1n) is 9.92. The van der Waals surface area contributed by atoms with Crippen LogP contribution in [0.4, 0.5) is 13.2 Å². The van der Waals surface area contributed by atoms with Gasteiger partial charge in [-0.1, -0.05) is 36.4 Å². The predicted molar refractivity (Wildman–Crippen MR) is 113 cm³/mol. The third kappa shape index (κ3) is 6.42. The summed E-state index contributed by atoms with van der Waals surface area (Å²) in [5, 5.41) is 2.59. The Bertz CT molecular complexity index is 930. The van der Waals surface area contributed by atoms with Gasteiger partial charge in [0.15, 0.2) is 0 Å². The molecule has 0 spiro atoms. The first kappa shape index (κ1) is 22.6. The van der Waals surface area contributed by atoms with Crippen molar-refractivity contribution >= 4 is 17.9 Å². The Morgan fingerprint density at radius 3 is 2.03 bits per heavy atom. The zero-order chi connectivity index (χ0) is 22.4. The topological polar surface area (TPSA) is 52.6 Å². The van der Waals surface area contributed by atoms with Crippen LogP contribution in [0.5, 0.6) is 0 Å². The molecular weight excluding hydrogens is 407 g/mol. The summed E-state index contributed by atoms with van der Waals surface area (Å²) in [5.41, 5.74) is 1.51. The molecule has 0 aromatic heterocycles. The number of piperazine rings is 1. The summed E-state index contributed by atoms with van der Waals surface area (Å²) in [5.74, 6) is -0.468. The van der Waals surface area contributed by atoms with E-state index in [2.05, 4.69) is 10.2 Å². The van der Waals surface area contributed by atoms with Crippen LogP contribution < -0.4 is 5.32 Å². The van der Waals surface area contributed by atoms with Crippen LogP contribution in [0.25, 0.3) is 17.2 Å². The molecule has 0 atom stereocenters. The van der Waals surface area contributed by atoms with Crippen molar-refractivity contribution in [2.75, 3.05) is 39.8 Å². The molecule has 3 rings (SSSR count). The van der Waals surface area contributed by atoms with Gasteiger partial charge in [-0.25, -0.2) is 0 Å². The van der Waals surface area contributed by atoms with Gasteiger partial charge in [-0.2, -0.15) is 13.2 Å². The van der Waals surface area contributed by atoms with Gasteiger partial charge >= 0.3 is 6.18 Å². The summed E-state index contributed by atoms with van der Waals surface area (Å²) >= 11 is 0. The second kappa shape index (κ2) is 9.78.